The van der Waals surface area contributed by atoms with E-state index in [1.54, 1.807) is 18.4 Å². The number of carbonyl (C=O) groups is 2. The Morgan fingerprint density at radius 2 is 2.32 bits per heavy atom. The first-order chi connectivity index (χ1) is 12.1. The predicted molar refractivity (Wildman–Crippen MR) is 95.0 cm³/mol. The number of thiazole rings is 1. The minimum absolute atomic E-state index is 0.0571. The summed E-state index contributed by atoms with van der Waals surface area (Å²) in [5.41, 5.74) is 2.31. The lowest BCUT2D eigenvalue weighted by molar-refractivity contribution is -0.125. The molecule has 2 heterocycles. The molecule has 25 heavy (non-hydrogen) atoms. The summed E-state index contributed by atoms with van der Waals surface area (Å²) in [7, 11) is 1.57. The number of hydrogen-bond donors (Lipinski definition) is 1. The van der Waals surface area contributed by atoms with E-state index in [4.69, 9.17) is 9.47 Å². The van der Waals surface area contributed by atoms with Gasteiger partial charge in [-0.15, -0.1) is 11.3 Å². The lowest BCUT2D eigenvalue weighted by atomic mass is 10.1. The van der Waals surface area contributed by atoms with Crippen molar-refractivity contribution in [2.24, 2.45) is 0 Å². The van der Waals surface area contributed by atoms with Gasteiger partial charge in [-0.3, -0.25) is 14.5 Å². The van der Waals surface area contributed by atoms with E-state index in [-0.39, 0.29) is 25.0 Å². The fourth-order valence-electron chi connectivity index (χ4n) is 2.52. The largest absolute Gasteiger partial charge is 0.482 e. The Morgan fingerprint density at radius 1 is 1.48 bits per heavy atom. The summed E-state index contributed by atoms with van der Waals surface area (Å²) in [6, 6.07) is 5.55. The molecule has 1 aromatic carbocycles. The number of anilines is 1. The summed E-state index contributed by atoms with van der Waals surface area (Å²) in [4.78, 5) is 30.3. The van der Waals surface area contributed by atoms with Crippen LogP contribution in [0, 0.1) is 6.92 Å². The third kappa shape index (κ3) is 3.97. The summed E-state index contributed by atoms with van der Waals surface area (Å²) in [5, 5.41) is 5.65. The van der Waals surface area contributed by atoms with Gasteiger partial charge in [0.1, 0.15) is 12.3 Å². The average Bonchev–Trinajstić information content (AvgIpc) is 3.04. The van der Waals surface area contributed by atoms with Crippen molar-refractivity contribution >= 4 is 28.8 Å². The Labute approximate surface area is 149 Å². The van der Waals surface area contributed by atoms with Gasteiger partial charge in [-0.25, -0.2) is 4.98 Å². The Hall–Kier alpha value is -2.45. The standard InChI is InChI=1S/C17H19N3O4S/c1-11-19-13(10-25-11)12-3-4-15-14(7-12)20(17(22)9-24-15)8-16(21)18-5-6-23-2/h3-4,7,10H,5-6,8-9H2,1-2H3,(H,18,21). The molecule has 1 aromatic heterocycles. The molecule has 2 amide bonds. The summed E-state index contributed by atoms with van der Waals surface area (Å²) < 4.78 is 10.4. The van der Waals surface area contributed by atoms with Crippen LogP contribution in [0.25, 0.3) is 11.3 Å². The highest BCUT2D eigenvalue weighted by Crippen LogP contribution is 2.36. The van der Waals surface area contributed by atoms with Gasteiger partial charge < -0.3 is 14.8 Å². The number of aromatic nitrogens is 1. The van der Waals surface area contributed by atoms with Gasteiger partial charge in [0.15, 0.2) is 6.61 Å². The number of amides is 2. The molecule has 1 N–H and O–H groups in total. The number of methoxy groups -OCH3 is 1. The number of nitrogens with one attached hydrogen (secondary N) is 1. The van der Waals surface area contributed by atoms with Gasteiger partial charge in [-0.1, -0.05) is 0 Å². The highest BCUT2D eigenvalue weighted by molar-refractivity contribution is 7.09. The minimum atomic E-state index is -0.249. The van der Waals surface area contributed by atoms with E-state index in [0.29, 0.717) is 24.6 Å². The quantitative estimate of drug-likeness (QED) is 0.791. The molecule has 0 radical (unpaired) electrons. The number of ether oxygens (including phenoxy) is 2. The fraction of sp³-hybridized carbons (Fsp3) is 0.353. The summed E-state index contributed by atoms with van der Waals surface area (Å²) in [5.74, 6) is 0.0918. The third-order valence-electron chi connectivity index (χ3n) is 3.75. The van der Waals surface area contributed by atoms with Crippen molar-refractivity contribution in [1.82, 2.24) is 10.3 Å². The molecule has 132 valence electrons. The molecule has 8 heteroatoms. The van der Waals surface area contributed by atoms with Crippen LogP contribution in [0.15, 0.2) is 23.6 Å². The zero-order valence-corrected chi connectivity index (χ0v) is 14.9. The molecule has 0 unspecified atom stereocenters. The number of aryl methyl sites for hydroxylation is 1. The Kier molecular flexibility index (Phi) is 5.30. The van der Waals surface area contributed by atoms with Crippen LogP contribution in [0.3, 0.4) is 0 Å². The maximum Gasteiger partial charge on any atom is 0.265 e. The topological polar surface area (TPSA) is 80.8 Å². The van der Waals surface area contributed by atoms with Crippen LogP contribution in [0.2, 0.25) is 0 Å². The molecule has 2 aromatic rings. The molecule has 0 aliphatic carbocycles. The Morgan fingerprint density at radius 3 is 3.04 bits per heavy atom. The smallest absolute Gasteiger partial charge is 0.265 e. The highest BCUT2D eigenvalue weighted by atomic mass is 32.1. The van der Waals surface area contributed by atoms with E-state index >= 15 is 0 Å². The first-order valence-corrected chi connectivity index (χ1v) is 8.72. The molecular formula is C17H19N3O4S. The molecular weight excluding hydrogens is 342 g/mol. The van der Waals surface area contributed by atoms with E-state index in [9.17, 15) is 9.59 Å². The second kappa shape index (κ2) is 7.62. The fourth-order valence-corrected chi connectivity index (χ4v) is 3.14. The summed E-state index contributed by atoms with van der Waals surface area (Å²) in [6.07, 6.45) is 0. The monoisotopic (exact) mass is 361 g/mol. The first-order valence-electron chi connectivity index (χ1n) is 7.84. The summed E-state index contributed by atoms with van der Waals surface area (Å²) in [6.45, 7) is 2.63. The summed E-state index contributed by atoms with van der Waals surface area (Å²) >= 11 is 1.56. The molecule has 1 aliphatic rings. The van der Waals surface area contributed by atoms with Gasteiger partial charge in [-0.05, 0) is 25.1 Å². The average molecular weight is 361 g/mol. The van der Waals surface area contributed by atoms with Gasteiger partial charge in [0, 0.05) is 24.6 Å². The molecule has 0 fully saturated rings. The van der Waals surface area contributed by atoms with E-state index in [1.807, 2.05) is 30.5 Å². The Balaban J connectivity index is 1.83. The van der Waals surface area contributed by atoms with Gasteiger partial charge in [0.25, 0.3) is 5.91 Å². The van der Waals surface area contributed by atoms with Crippen molar-refractivity contribution < 1.29 is 19.1 Å². The van der Waals surface area contributed by atoms with E-state index in [1.165, 1.54) is 4.90 Å². The maximum absolute atomic E-state index is 12.3. The van der Waals surface area contributed by atoms with E-state index in [0.717, 1.165) is 16.3 Å². The molecule has 0 saturated heterocycles. The van der Waals surface area contributed by atoms with Crippen LogP contribution in [-0.4, -0.2) is 50.2 Å². The van der Waals surface area contributed by atoms with Crippen molar-refractivity contribution in [2.75, 3.05) is 38.3 Å². The minimum Gasteiger partial charge on any atom is -0.482 e. The number of benzene rings is 1. The van der Waals surface area contributed by atoms with Crippen molar-refractivity contribution in [1.29, 1.82) is 0 Å². The van der Waals surface area contributed by atoms with Crippen LogP contribution in [0.1, 0.15) is 5.01 Å². The number of nitrogens with zero attached hydrogens (tertiary/aromatic N) is 2. The van der Waals surface area contributed by atoms with Crippen molar-refractivity contribution in [3.63, 3.8) is 0 Å². The highest BCUT2D eigenvalue weighted by Gasteiger charge is 2.27. The zero-order valence-electron chi connectivity index (χ0n) is 14.1. The predicted octanol–water partition coefficient (Wildman–Crippen LogP) is 1.61. The second-order valence-electron chi connectivity index (χ2n) is 5.55. The van der Waals surface area contributed by atoms with Crippen molar-refractivity contribution in [2.45, 2.75) is 6.92 Å². The Bertz CT molecular complexity index is 790. The van der Waals surface area contributed by atoms with Crippen LogP contribution in [0.4, 0.5) is 5.69 Å². The molecule has 0 bridgehead atoms. The number of carbonyl (C=O) groups excluding carboxylic acids is 2. The van der Waals surface area contributed by atoms with E-state index in [2.05, 4.69) is 10.3 Å². The van der Waals surface area contributed by atoms with Crippen LogP contribution in [-0.2, 0) is 14.3 Å². The van der Waals surface area contributed by atoms with Crippen LogP contribution < -0.4 is 15.0 Å². The zero-order chi connectivity index (χ0) is 17.8. The lowest BCUT2D eigenvalue weighted by Crippen LogP contribution is -2.45. The molecule has 7 nitrogen and oxygen atoms in total. The maximum atomic E-state index is 12.3. The van der Waals surface area contributed by atoms with Gasteiger partial charge >= 0.3 is 0 Å². The molecule has 1 aliphatic heterocycles. The van der Waals surface area contributed by atoms with E-state index < -0.39 is 0 Å². The number of fused-ring (bicyclic) bond motifs is 1. The number of hydrogen-bond acceptors (Lipinski definition) is 6. The van der Waals surface area contributed by atoms with Crippen LogP contribution in [0.5, 0.6) is 5.75 Å². The van der Waals surface area contributed by atoms with Crippen LogP contribution >= 0.6 is 11.3 Å². The third-order valence-corrected chi connectivity index (χ3v) is 4.52. The molecule has 0 saturated carbocycles. The van der Waals surface area contributed by atoms with Crippen molar-refractivity contribution in [3.8, 4) is 17.0 Å². The second-order valence-corrected chi connectivity index (χ2v) is 6.61. The molecule has 0 atom stereocenters. The van der Waals surface area contributed by atoms with Gasteiger partial charge in [-0.2, -0.15) is 0 Å². The van der Waals surface area contributed by atoms with Gasteiger partial charge in [0.05, 0.1) is 23.0 Å². The lowest BCUT2D eigenvalue weighted by Gasteiger charge is -2.29. The first kappa shape index (κ1) is 17.4. The molecule has 0 spiro atoms. The number of rotatable bonds is 6. The molecule has 3 rings (SSSR count). The van der Waals surface area contributed by atoms with Crippen molar-refractivity contribution in [3.05, 3.63) is 28.6 Å². The van der Waals surface area contributed by atoms with Gasteiger partial charge in [0.2, 0.25) is 5.91 Å². The normalized spacial score (nSPS) is 13.4. The SMILES string of the molecule is COCCNC(=O)CN1C(=O)COc2ccc(-c3csc(C)n3)cc21.